The van der Waals surface area contributed by atoms with Crippen molar-refractivity contribution in [3.63, 3.8) is 0 Å². The van der Waals surface area contributed by atoms with Gasteiger partial charge in [0.25, 0.3) is 0 Å². The zero-order valence-corrected chi connectivity index (χ0v) is 14.0. The summed E-state index contributed by atoms with van der Waals surface area (Å²) in [5.41, 5.74) is 0.354. The van der Waals surface area contributed by atoms with Gasteiger partial charge in [-0.25, -0.2) is 4.57 Å². The molecule has 1 heterocycles. The number of aromatic nitrogens is 1. The van der Waals surface area contributed by atoms with E-state index in [9.17, 15) is 15.0 Å². The molecule has 2 N–H and O–H groups in total. The molecule has 0 unspecified atom stereocenters. The van der Waals surface area contributed by atoms with Gasteiger partial charge in [0.1, 0.15) is 5.69 Å². The van der Waals surface area contributed by atoms with Gasteiger partial charge in [0.05, 0.1) is 12.3 Å². The number of hydrogen-bond donors (Lipinski definition) is 2. The summed E-state index contributed by atoms with van der Waals surface area (Å²) in [6, 6.07) is 5.75. The van der Waals surface area contributed by atoms with Gasteiger partial charge in [0.2, 0.25) is 18.2 Å². The molecule has 0 aliphatic heterocycles. The summed E-state index contributed by atoms with van der Waals surface area (Å²) in [6.07, 6.45) is 0.409. The minimum atomic E-state index is -0.378. The molecule has 1 aromatic carbocycles. The van der Waals surface area contributed by atoms with Crippen LogP contribution < -0.4 is 5.06 Å². The van der Waals surface area contributed by atoms with E-state index in [0.29, 0.717) is 22.1 Å². The first-order valence-electron chi connectivity index (χ1n) is 6.81. The highest BCUT2D eigenvalue weighted by molar-refractivity contribution is 6.34. The van der Waals surface area contributed by atoms with E-state index in [1.165, 1.54) is 24.3 Å². The number of hydroxylamine groups is 1. The fourth-order valence-corrected chi connectivity index (χ4v) is 2.46. The molecule has 23 heavy (non-hydrogen) atoms. The molecule has 6 nitrogen and oxygen atoms in total. The van der Waals surface area contributed by atoms with Crippen LogP contribution >= 0.6 is 23.2 Å². The molecule has 0 fully saturated rings. The van der Waals surface area contributed by atoms with Crippen molar-refractivity contribution < 1.29 is 19.8 Å². The van der Waals surface area contributed by atoms with Crippen molar-refractivity contribution in [2.45, 2.75) is 13.8 Å². The maximum absolute atomic E-state index is 11.2. The van der Waals surface area contributed by atoms with E-state index in [0.717, 1.165) is 9.63 Å². The molecule has 0 aliphatic rings. The number of amides is 1. The molecule has 1 amide bonds. The summed E-state index contributed by atoms with van der Waals surface area (Å²) in [5, 5.41) is 22.0. The number of carbonyl (C=O) groups is 1. The van der Waals surface area contributed by atoms with E-state index in [1.54, 1.807) is 0 Å². The van der Waals surface area contributed by atoms with E-state index in [2.05, 4.69) is 0 Å². The lowest BCUT2D eigenvalue weighted by molar-refractivity contribution is -0.114. The summed E-state index contributed by atoms with van der Waals surface area (Å²) in [7, 11) is 0. The van der Waals surface area contributed by atoms with Gasteiger partial charge >= 0.3 is 0 Å². The quantitative estimate of drug-likeness (QED) is 0.609. The Labute approximate surface area is 143 Å². The summed E-state index contributed by atoms with van der Waals surface area (Å²) in [4.78, 5) is 16.5. The predicted octanol–water partition coefficient (Wildman–Crippen LogP) is 3.75. The number of rotatable bonds is 6. The number of aromatic hydroxyl groups is 2. The van der Waals surface area contributed by atoms with Crippen LogP contribution in [0.3, 0.4) is 0 Å². The fraction of sp³-hybridized carbons (Fsp3) is 0.267. The maximum Gasteiger partial charge on any atom is 0.238 e. The number of hydrogen-bond acceptors (Lipinski definition) is 4. The number of benzene rings is 1. The standard InChI is InChI=1S/C15H16Cl2N2O4/c1-9(2)7-23-18(8-20)13-6-14(21)19(15(13)22)12-4-10(16)3-11(17)5-12/h3-6,8-9,21-22H,7H2,1-2H3. The lowest BCUT2D eigenvalue weighted by Crippen LogP contribution is -2.23. The average molecular weight is 359 g/mol. The largest absolute Gasteiger partial charge is 0.494 e. The number of carbonyl (C=O) groups excluding carboxylic acids is 1. The smallest absolute Gasteiger partial charge is 0.238 e. The summed E-state index contributed by atoms with van der Waals surface area (Å²) >= 11 is 11.9. The Balaban J connectivity index is 2.44. The average Bonchev–Trinajstić information content (AvgIpc) is 2.73. The Hall–Kier alpha value is -1.89. The second kappa shape index (κ2) is 7.12. The number of anilines is 1. The highest BCUT2D eigenvalue weighted by atomic mass is 35.5. The van der Waals surface area contributed by atoms with Gasteiger partial charge in [0.15, 0.2) is 0 Å². The Bertz CT molecular complexity index is 695. The van der Waals surface area contributed by atoms with Crippen molar-refractivity contribution in [1.82, 2.24) is 4.57 Å². The highest BCUT2D eigenvalue weighted by Crippen LogP contribution is 2.38. The molecular weight excluding hydrogens is 343 g/mol. The van der Waals surface area contributed by atoms with Crippen LogP contribution in [0.4, 0.5) is 5.69 Å². The Kier molecular flexibility index (Phi) is 5.41. The van der Waals surface area contributed by atoms with E-state index in [1.807, 2.05) is 13.8 Å². The van der Waals surface area contributed by atoms with Gasteiger partial charge in [-0.15, -0.1) is 0 Å². The van der Waals surface area contributed by atoms with Gasteiger partial charge in [-0.05, 0) is 24.1 Å². The summed E-state index contributed by atoms with van der Waals surface area (Å²) in [5.74, 6) is -0.491. The fourth-order valence-electron chi connectivity index (χ4n) is 1.95. The molecule has 0 saturated heterocycles. The van der Waals surface area contributed by atoms with Crippen LogP contribution in [0.1, 0.15) is 13.8 Å². The van der Waals surface area contributed by atoms with Gasteiger partial charge in [-0.2, -0.15) is 5.06 Å². The Morgan fingerprint density at radius 1 is 1.22 bits per heavy atom. The van der Waals surface area contributed by atoms with Crippen molar-refractivity contribution >= 4 is 35.3 Å². The maximum atomic E-state index is 11.2. The van der Waals surface area contributed by atoms with Crippen LogP contribution in [0.25, 0.3) is 5.69 Å². The van der Waals surface area contributed by atoms with E-state index < -0.39 is 0 Å². The third-order valence-electron chi connectivity index (χ3n) is 2.92. The molecule has 2 aromatic rings. The Morgan fingerprint density at radius 2 is 1.83 bits per heavy atom. The topological polar surface area (TPSA) is 74.9 Å². The second-order valence-electron chi connectivity index (χ2n) is 5.30. The number of halogens is 2. The van der Waals surface area contributed by atoms with Gasteiger partial charge < -0.3 is 10.2 Å². The predicted molar refractivity (Wildman–Crippen MR) is 88.5 cm³/mol. The second-order valence-corrected chi connectivity index (χ2v) is 6.17. The van der Waals surface area contributed by atoms with Crippen LogP contribution in [-0.4, -0.2) is 27.8 Å². The van der Waals surface area contributed by atoms with Crippen molar-refractivity contribution in [1.29, 1.82) is 0 Å². The monoisotopic (exact) mass is 358 g/mol. The first-order chi connectivity index (χ1) is 10.8. The molecule has 8 heteroatoms. The molecule has 0 spiro atoms. The van der Waals surface area contributed by atoms with Crippen molar-refractivity contribution in [2.24, 2.45) is 5.92 Å². The summed E-state index contributed by atoms with van der Waals surface area (Å²) in [6.45, 7) is 4.10. The first-order valence-corrected chi connectivity index (χ1v) is 7.56. The lowest BCUT2D eigenvalue weighted by atomic mass is 10.2. The summed E-state index contributed by atoms with van der Waals surface area (Å²) < 4.78 is 1.10. The molecule has 1 aromatic heterocycles. The third kappa shape index (κ3) is 3.90. The van der Waals surface area contributed by atoms with E-state index >= 15 is 0 Å². The van der Waals surface area contributed by atoms with Crippen LogP contribution in [0, 0.1) is 5.92 Å². The van der Waals surface area contributed by atoms with Crippen LogP contribution in [0.5, 0.6) is 11.8 Å². The molecule has 2 rings (SSSR count). The Morgan fingerprint density at radius 3 is 2.35 bits per heavy atom. The molecule has 0 aliphatic carbocycles. The SMILES string of the molecule is CC(C)CON(C=O)c1cc(O)n(-c2cc(Cl)cc(Cl)c2)c1O. The minimum Gasteiger partial charge on any atom is -0.494 e. The zero-order chi connectivity index (χ0) is 17.1. The molecule has 124 valence electrons. The van der Waals surface area contributed by atoms with Gasteiger partial charge in [0, 0.05) is 16.1 Å². The molecular formula is C15H16Cl2N2O4. The van der Waals surface area contributed by atoms with Crippen LogP contribution in [-0.2, 0) is 9.63 Å². The molecule has 0 atom stereocenters. The van der Waals surface area contributed by atoms with Gasteiger partial charge in [-0.1, -0.05) is 37.0 Å². The molecule has 0 saturated carbocycles. The lowest BCUT2D eigenvalue weighted by Gasteiger charge is -2.17. The van der Waals surface area contributed by atoms with Crippen molar-refractivity contribution in [3.8, 4) is 17.4 Å². The van der Waals surface area contributed by atoms with E-state index in [4.69, 9.17) is 28.0 Å². The third-order valence-corrected chi connectivity index (χ3v) is 3.36. The zero-order valence-electron chi connectivity index (χ0n) is 12.5. The minimum absolute atomic E-state index is 0.00856. The van der Waals surface area contributed by atoms with Crippen molar-refractivity contribution in [2.75, 3.05) is 11.7 Å². The van der Waals surface area contributed by atoms with Crippen molar-refractivity contribution in [3.05, 3.63) is 34.3 Å². The molecule has 0 radical (unpaired) electrons. The molecule has 0 bridgehead atoms. The van der Waals surface area contributed by atoms with E-state index in [-0.39, 0.29) is 30.0 Å². The normalized spacial score (nSPS) is 11.0. The van der Waals surface area contributed by atoms with Crippen LogP contribution in [0.2, 0.25) is 10.0 Å². The van der Waals surface area contributed by atoms with Gasteiger partial charge in [-0.3, -0.25) is 9.63 Å². The highest BCUT2D eigenvalue weighted by Gasteiger charge is 2.21. The first kappa shape index (κ1) is 17.5. The number of nitrogens with zero attached hydrogens (tertiary/aromatic N) is 2. The van der Waals surface area contributed by atoms with Crippen LogP contribution in [0.15, 0.2) is 24.3 Å².